The predicted molar refractivity (Wildman–Crippen MR) is 56.8 cm³/mol. The van der Waals surface area contributed by atoms with Crippen LogP contribution in [0.3, 0.4) is 0 Å². The van der Waals surface area contributed by atoms with Crippen LogP contribution in [0.25, 0.3) is 0 Å². The number of carbonyl (C=O) groups is 1. The van der Waals surface area contributed by atoms with E-state index in [0.29, 0.717) is 5.56 Å². The number of amides is 1. The van der Waals surface area contributed by atoms with Crippen molar-refractivity contribution in [3.63, 3.8) is 0 Å². The smallest absolute Gasteiger partial charge is 0.236 e. The van der Waals surface area contributed by atoms with Crippen LogP contribution in [0, 0.1) is 11.6 Å². The third-order valence-electron chi connectivity index (χ3n) is 2.18. The van der Waals surface area contributed by atoms with Crippen molar-refractivity contribution < 1.29 is 13.6 Å². The van der Waals surface area contributed by atoms with Crippen molar-refractivity contribution in [3.8, 4) is 0 Å². The van der Waals surface area contributed by atoms with Crippen LogP contribution in [0.4, 0.5) is 8.78 Å². The Kier molecular flexibility index (Phi) is 4.37. The van der Waals surface area contributed by atoms with Crippen molar-refractivity contribution in [2.75, 3.05) is 20.6 Å². The molecule has 1 rings (SSSR count). The largest absolute Gasteiger partial charge is 0.340 e. The fourth-order valence-corrected chi connectivity index (χ4v) is 1.28. The van der Waals surface area contributed by atoms with Crippen LogP contribution in [0.2, 0.25) is 0 Å². The summed E-state index contributed by atoms with van der Waals surface area (Å²) in [6.07, 6.45) is 0. The lowest BCUT2D eigenvalue weighted by Gasteiger charge is -2.17. The van der Waals surface area contributed by atoms with Crippen molar-refractivity contribution >= 4 is 5.91 Å². The molecule has 0 saturated carbocycles. The molecular weight excluding hydrogens is 214 g/mol. The molecule has 1 aromatic carbocycles. The number of carbonyl (C=O) groups excluding carboxylic acids is 1. The highest BCUT2D eigenvalue weighted by Crippen LogP contribution is 2.11. The van der Waals surface area contributed by atoms with E-state index in [4.69, 9.17) is 0 Å². The maximum Gasteiger partial charge on any atom is 0.236 e. The average molecular weight is 228 g/mol. The van der Waals surface area contributed by atoms with Gasteiger partial charge in [-0.15, -0.1) is 0 Å². The Hall–Kier alpha value is -1.49. The first-order valence-electron chi connectivity index (χ1n) is 4.87. The predicted octanol–water partition coefficient (Wildman–Crippen LogP) is 1.14. The summed E-state index contributed by atoms with van der Waals surface area (Å²) in [5.74, 6) is -1.40. The third kappa shape index (κ3) is 3.27. The van der Waals surface area contributed by atoms with Gasteiger partial charge in [-0.2, -0.15) is 0 Å². The molecule has 0 atom stereocenters. The molecule has 0 aromatic heterocycles. The van der Waals surface area contributed by atoms with E-state index in [1.807, 2.05) is 0 Å². The van der Waals surface area contributed by atoms with Crippen LogP contribution in [-0.4, -0.2) is 31.4 Å². The van der Waals surface area contributed by atoms with Gasteiger partial charge in [-0.1, -0.05) is 6.07 Å². The summed E-state index contributed by atoms with van der Waals surface area (Å²) < 4.78 is 25.9. The van der Waals surface area contributed by atoms with Gasteiger partial charge < -0.3 is 10.2 Å². The second kappa shape index (κ2) is 5.55. The first-order valence-corrected chi connectivity index (χ1v) is 4.87. The van der Waals surface area contributed by atoms with Gasteiger partial charge in [0.15, 0.2) is 0 Å². The molecule has 0 aliphatic carbocycles. The van der Waals surface area contributed by atoms with E-state index in [2.05, 4.69) is 5.32 Å². The van der Waals surface area contributed by atoms with Gasteiger partial charge in [-0.25, -0.2) is 8.78 Å². The van der Waals surface area contributed by atoms with E-state index in [0.717, 1.165) is 6.07 Å². The fraction of sp³-hybridized carbons (Fsp3) is 0.364. The van der Waals surface area contributed by atoms with Crippen molar-refractivity contribution in [1.82, 2.24) is 10.2 Å². The molecule has 0 aliphatic rings. The quantitative estimate of drug-likeness (QED) is 0.838. The van der Waals surface area contributed by atoms with Crippen molar-refractivity contribution in [3.05, 3.63) is 35.4 Å². The summed E-state index contributed by atoms with van der Waals surface area (Å²) in [4.78, 5) is 12.8. The van der Waals surface area contributed by atoms with E-state index in [-0.39, 0.29) is 19.0 Å². The number of nitrogens with zero attached hydrogens (tertiary/aromatic N) is 1. The van der Waals surface area contributed by atoms with E-state index in [9.17, 15) is 13.6 Å². The second-order valence-corrected chi connectivity index (χ2v) is 3.52. The number of likely N-dealkylation sites (N-methyl/N-ethyl adjacent to an activating group) is 2. The number of halogens is 2. The van der Waals surface area contributed by atoms with Crippen LogP contribution in [-0.2, 0) is 11.3 Å². The highest BCUT2D eigenvalue weighted by atomic mass is 19.1. The average Bonchev–Trinajstić information content (AvgIpc) is 2.22. The van der Waals surface area contributed by atoms with Gasteiger partial charge in [0.2, 0.25) is 5.91 Å². The van der Waals surface area contributed by atoms with Gasteiger partial charge in [0.05, 0.1) is 6.54 Å². The molecule has 0 unspecified atom stereocenters. The second-order valence-electron chi connectivity index (χ2n) is 3.52. The number of nitrogens with one attached hydrogen (secondary N) is 1. The zero-order valence-corrected chi connectivity index (χ0v) is 9.26. The van der Waals surface area contributed by atoms with Gasteiger partial charge in [0.1, 0.15) is 11.6 Å². The van der Waals surface area contributed by atoms with Crippen molar-refractivity contribution in [1.29, 1.82) is 0 Å². The molecule has 0 spiro atoms. The molecule has 3 nitrogen and oxygen atoms in total. The fourth-order valence-electron chi connectivity index (χ4n) is 1.28. The van der Waals surface area contributed by atoms with E-state index in [1.54, 1.807) is 14.1 Å². The van der Waals surface area contributed by atoms with Crippen LogP contribution in [0.5, 0.6) is 0 Å². The molecule has 0 heterocycles. The molecular formula is C11H14F2N2O. The van der Waals surface area contributed by atoms with Gasteiger partial charge in [0, 0.05) is 25.2 Å². The minimum Gasteiger partial charge on any atom is -0.340 e. The van der Waals surface area contributed by atoms with Gasteiger partial charge >= 0.3 is 0 Å². The highest BCUT2D eigenvalue weighted by Gasteiger charge is 2.11. The van der Waals surface area contributed by atoms with Crippen LogP contribution in [0.15, 0.2) is 18.2 Å². The molecule has 16 heavy (non-hydrogen) atoms. The molecule has 88 valence electrons. The highest BCUT2D eigenvalue weighted by molar-refractivity contribution is 5.77. The minimum atomic E-state index is -0.635. The molecule has 0 fully saturated rings. The number of hydrogen-bond acceptors (Lipinski definition) is 2. The molecule has 0 radical (unpaired) electrons. The van der Waals surface area contributed by atoms with Crippen LogP contribution in [0.1, 0.15) is 5.56 Å². The lowest BCUT2D eigenvalue weighted by molar-refractivity contribution is -0.129. The summed E-state index contributed by atoms with van der Waals surface area (Å²) >= 11 is 0. The Morgan fingerprint density at radius 1 is 1.44 bits per heavy atom. The van der Waals surface area contributed by atoms with E-state index in [1.165, 1.54) is 17.0 Å². The third-order valence-corrected chi connectivity index (χ3v) is 2.18. The number of hydrogen-bond donors (Lipinski definition) is 1. The molecule has 0 aliphatic heterocycles. The van der Waals surface area contributed by atoms with E-state index < -0.39 is 11.6 Å². The van der Waals surface area contributed by atoms with Crippen LogP contribution >= 0.6 is 0 Å². The lowest BCUT2D eigenvalue weighted by Crippen LogP contribution is -2.33. The van der Waals surface area contributed by atoms with Crippen LogP contribution < -0.4 is 5.32 Å². The van der Waals surface area contributed by atoms with Gasteiger partial charge in [0.25, 0.3) is 0 Å². The standard InChI is InChI=1S/C11H14F2N2O/c1-14-6-11(16)15(2)7-8-3-4-9(12)5-10(8)13/h3-5,14H,6-7H2,1-2H3. The van der Waals surface area contributed by atoms with Crippen molar-refractivity contribution in [2.24, 2.45) is 0 Å². The summed E-state index contributed by atoms with van der Waals surface area (Å²) in [5, 5.41) is 2.71. The van der Waals surface area contributed by atoms with Crippen molar-refractivity contribution in [2.45, 2.75) is 6.54 Å². The van der Waals surface area contributed by atoms with E-state index >= 15 is 0 Å². The SMILES string of the molecule is CNCC(=O)N(C)Cc1ccc(F)cc1F. The Morgan fingerprint density at radius 3 is 2.69 bits per heavy atom. The normalized spacial score (nSPS) is 10.2. The maximum atomic E-state index is 13.3. The molecule has 0 saturated heterocycles. The summed E-state index contributed by atoms with van der Waals surface area (Å²) in [7, 11) is 3.23. The maximum absolute atomic E-state index is 13.3. The molecule has 0 bridgehead atoms. The summed E-state index contributed by atoms with van der Waals surface area (Å²) in [6, 6.07) is 3.33. The van der Waals surface area contributed by atoms with Gasteiger partial charge in [-0.05, 0) is 13.1 Å². The Balaban J connectivity index is 2.69. The van der Waals surface area contributed by atoms with Gasteiger partial charge in [-0.3, -0.25) is 4.79 Å². The number of rotatable bonds is 4. The molecule has 1 N–H and O–H groups in total. The Morgan fingerprint density at radius 2 is 2.12 bits per heavy atom. The first-order chi connectivity index (χ1) is 7.54. The Labute approximate surface area is 93.1 Å². The molecule has 5 heteroatoms. The first kappa shape index (κ1) is 12.6. The molecule has 1 amide bonds. The summed E-state index contributed by atoms with van der Waals surface area (Å²) in [5.41, 5.74) is 0.299. The monoisotopic (exact) mass is 228 g/mol. The Bertz CT molecular complexity index is 382. The minimum absolute atomic E-state index is 0.132. The summed E-state index contributed by atoms with van der Waals surface area (Å²) in [6.45, 7) is 0.325. The zero-order chi connectivity index (χ0) is 12.1. The lowest BCUT2D eigenvalue weighted by atomic mass is 10.2. The topological polar surface area (TPSA) is 32.3 Å². The molecule has 1 aromatic rings. The number of benzene rings is 1. The zero-order valence-electron chi connectivity index (χ0n) is 9.26.